The molecule has 4 heteroatoms. The number of carbonyl (C=O) groups is 1. The lowest BCUT2D eigenvalue weighted by Crippen LogP contribution is -2.06. The highest BCUT2D eigenvalue weighted by Gasteiger charge is 2.18. The molecule has 0 aliphatic heterocycles. The van der Waals surface area contributed by atoms with E-state index in [1.807, 2.05) is 6.92 Å². The van der Waals surface area contributed by atoms with Crippen molar-refractivity contribution in [2.45, 2.75) is 72.1 Å². The second-order valence-corrected chi connectivity index (χ2v) is 7.15. The first-order chi connectivity index (χ1) is 13.1. The van der Waals surface area contributed by atoms with Gasteiger partial charge in [-0.2, -0.15) is 0 Å². The molecule has 0 saturated carbocycles. The molecule has 1 N–H and O–H groups in total. The fraction of sp³-hybridized carbons (Fsp3) is 0.522. The molecule has 2 aromatic rings. The summed E-state index contributed by atoms with van der Waals surface area (Å²) in [6.07, 6.45) is 10.0. The molecule has 148 valence electrons. The SMILES string of the molecule is CCCCCCCCCc1ccc(C)c(-c2cc(F)c(C(=O)OCC)[nH]2)c1. The van der Waals surface area contributed by atoms with Gasteiger partial charge in [-0.3, -0.25) is 0 Å². The lowest BCUT2D eigenvalue weighted by atomic mass is 9.98. The van der Waals surface area contributed by atoms with Gasteiger partial charge in [0, 0.05) is 17.3 Å². The molecule has 1 heterocycles. The van der Waals surface area contributed by atoms with Crippen LogP contribution in [0.1, 0.15) is 80.4 Å². The summed E-state index contributed by atoms with van der Waals surface area (Å²) < 4.78 is 19.0. The predicted octanol–water partition coefficient (Wildman–Crippen LogP) is 6.60. The number of carbonyl (C=O) groups excluding carboxylic acids is 1. The number of H-pyrrole nitrogens is 1. The molecule has 0 fully saturated rings. The fourth-order valence-corrected chi connectivity index (χ4v) is 3.33. The topological polar surface area (TPSA) is 42.1 Å². The second kappa shape index (κ2) is 10.9. The highest BCUT2D eigenvalue weighted by Crippen LogP contribution is 2.27. The molecule has 0 aliphatic rings. The third-order valence-corrected chi connectivity index (χ3v) is 4.91. The Morgan fingerprint density at radius 3 is 2.44 bits per heavy atom. The van der Waals surface area contributed by atoms with Crippen LogP contribution in [0, 0.1) is 12.7 Å². The minimum absolute atomic E-state index is 0.108. The van der Waals surface area contributed by atoms with Crippen LogP contribution >= 0.6 is 0 Å². The largest absolute Gasteiger partial charge is 0.461 e. The van der Waals surface area contributed by atoms with E-state index in [1.54, 1.807) is 6.92 Å². The number of aromatic amines is 1. The maximum absolute atomic E-state index is 14.1. The van der Waals surface area contributed by atoms with Crippen LogP contribution in [0.15, 0.2) is 24.3 Å². The number of unbranched alkanes of at least 4 members (excludes halogenated alkanes) is 6. The Balaban J connectivity index is 2.01. The molecule has 3 nitrogen and oxygen atoms in total. The number of hydrogen-bond donors (Lipinski definition) is 1. The number of halogens is 1. The third kappa shape index (κ3) is 6.23. The minimum atomic E-state index is -0.655. The van der Waals surface area contributed by atoms with Gasteiger partial charge in [0.2, 0.25) is 0 Å². The second-order valence-electron chi connectivity index (χ2n) is 7.15. The van der Waals surface area contributed by atoms with Crippen LogP contribution in [0.2, 0.25) is 0 Å². The Bertz CT molecular complexity index is 736. The van der Waals surface area contributed by atoms with Gasteiger partial charge in [-0.25, -0.2) is 9.18 Å². The Kier molecular flexibility index (Phi) is 8.56. The van der Waals surface area contributed by atoms with Gasteiger partial charge in [-0.05, 0) is 43.9 Å². The highest BCUT2D eigenvalue weighted by atomic mass is 19.1. The van der Waals surface area contributed by atoms with Crippen LogP contribution in [0.3, 0.4) is 0 Å². The molecule has 0 amide bonds. The Labute approximate surface area is 162 Å². The van der Waals surface area contributed by atoms with Gasteiger partial charge in [-0.1, -0.05) is 57.6 Å². The molecule has 0 spiro atoms. The zero-order valence-corrected chi connectivity index (χ0v) is 16.9. The standard InChI is InChI=1S/C23H32FNO2/c1-4-6-7-8-9-10-11-12-18-14-13-17(3)19(15-18)21-16-20(24)22(25-21)23(26)27-5-2/h13-16,25H,4-12H2,1-3H3. The fourth-order valence-electron chi connectivity index (χ4n) is 3.33. The van der Waals surface area contributed by atoms with Crippen molar-refractivity contribution in [2.24, 2.45) is 0 Å². The Morgan fingerprint density at radius 1 is 1.04 bits per heavy atom. The van der Waals surface area contributed by atoms with Gasteiger partial charge < -0.3 is 9.72 Å². The molecule has 1 aromatic heterocycles. The molecular formula is C23H32FNO2. The number of aromatic nitrogens is 1. The summed E-state index contributed by atoms with van der Waals surface area (Å²) in [4.78, 5) is 14.7. The molecule has 27 heavy (non-hydrogen) atoms. The van der Waals surface area contributed by atoms with Gasteiger partial charge >= 0.3 is 5.97 Å². The first kappa shape index (κ1) is 21.2. The summed E-state index contributed by atoms with van der Waals surface area (Å²) >= 11 is 0. The Hall–Kier alpha value is -2.10. The number of nitrogens with one attached hydrogen (secondary N) is 1. The summed E-state index contributed by atoms with van der Waals surface area (Å²) in [5.74, 6) is -1.22. The predicted molar refractivity (Wildman–Crippen MR) is 109 cm³/mol. The first-order valence-electron chi connectivity index (χ1n) is 10.2. The Morgan fingerprint density at radius 2 is 1.74 bits per heavy atom. The van der Waals surface area contributed by atoms with Crippen LogP contribution in [0.4, 0.5) is 4.39 Å². The van der Waals surface area contributed by atoms with Crippen molar-refractivity contribution in [3.8, 4) is 11.3 Å². The van der Waals surface area contributed by atoms with E-state index in [-0.39, 0.29) is 12.3 Å². The van der Waals surface area contributed by atoms with E-state index in [0.29, 0.717) is 5.69 Å². The number of hydrogen-bond acceptors (Lipinski definition) is 2. The molecule has 0 aliphatic carbocycles. The van der Waals surface area contributed by atoms with Crippen molar-refractivity contribution in [1.29, 1.82) is 0 Å². The van der Waals surface area contributed by atoms with Gasteiger partial charge in [0.25, 0.3) is 0 Å². The van der Waals surface area contributed by atoms with Crippen LogP contribution in [-0.2, 0) is 11.2 Å². The van der Waals surface area contributed by atoms with Crippen LogP contribution in [0.5, 0.6) is 0 Å². The molecule has 2 rings (SSSR count). The minimum Gasteiger partial charge on any atom is -0.461 e. The van der Waals surface area contributed by atoms with Gasteiger partial charge in [0.05, 0.1) is 6.61 Å². The normalized spacial score (nSPS) is 11.0. The van der Waals surface area contributed by atoms with E-state index in [1.165, 1.54) is 56.6 Å². The lowest BCUT2D eigenvalue weighted by Gasteiger charge is -2.08. The first-order valence-corrected chi connectivity index (χ1v) is 10.2. The van der Waals surface area contributed by atoms with E-state index in [0.717, 1.165) is 17.5 Å². The monoisotopic (exact) mass is 373 g/mol. The van der Waals surface area contributed by atoms with E-state index in [9.17, 15) is 9.18 Å². The van der Waals surface area contributed by atoms with E-state index < -0.39 is 11.8 Å². The third-order valence-electron chi connectivity index (χ3n) is 4.91. The average Bonchev–Trinajstić information content (AvgIpc) is 3.04. The van der Waals surface area contributed by atoms with Crippen molar-refractivity contribution >= 4 is 5.97 Å². The zero-order valence-electron chi connectivity index (χ0n) is 16.9. The van der Waals surface area contributed by atoms with Crippen LogP contribution in [0.25, 0.3) is 11.3 Å². The smallest absolute Gasteiger partial charge is 0.357 e. The summed E-state index contributed by atoms with van der Waals surface area (Å²) in [6.45, 7) is 6.16. The van der Waals surface area contributed by atoms with Crippen molar-refractivity contribution in [3.05, 3.63) is 46.9 Å². The quantitative estimate of drug-likeness (QED) is 0.356. The van der Waals surface area contributed by atoms with E-state index >= 15 is 0 Å². The maximum atomic E-state index is 14.1. The number of benzene rings is 1. The van der Waals surface area contributed by atoms with Crippen molar-refractivity contribution in [3.63, 3.8) is 0 Å². The summed E-state index contributed by atoms with van der Waals surface area (Å²) in [5, 5.41) is 0. The number of ether oxygens (including phenoxy) is 1. The molecule has 1 aromatic carbocycles. The zero-order chi connectivity index (χ0) is 19.6. The lowest BCUT2D eigenvalue weighted by molar-refractivity contribution is 0.0515. The van der Waals surface area contributed by atoms with Gasteiger partial charge in [0.1, 0.15) is 0 Å². The number of esters is 1. The van der Waals surface area contributed by atoms with E-state index in [4.69, 9.17) is 4.74 Å². The molecule has 0 atom stereocenters. The molecule has 0 saturated heterocycles. The van der Waals surface area contributed by atoms with Crippen molar-refractivity contribution < 1.29 is 13.9 Å². The van der Waals surface area contributed by atoms with Crippen LogP contribution in [-0.4, -0.2) is 17.6 Å². The molecule has 0 radical (unpaired) electrons. The number of aryl methyl sites for hydroxylation is 2. The van der Waals surface area contributed by atoms with Gasteiger partial charge in [-0.15, -0.1) is 0 Å². The van der Waals surface area contributed by atoms with Crippen molar-refractivity contribution in [1.82, 2.24) is 4.98 Å². The summed E-state index contributed by atoms with van der Waals surface area (Å²) in [5.41, 5.74) is 3.75. The average molecular weight is 374 g/mol. The van der Waals surface area contributed by atoms with Crippen molar-refractivity contribution in [2.75, 3.05) is 6.61 Å². The van der Waals surface area contributed by atoms with Gasteiger partial charge in [0.15, 0.2) is 11.5 Å². The molecule has 0 bridgehead atoms. The highest BCUT2D eigenvalue weighted by molar-refractivity contribution is 5.89. The number of rotatable bonds is 11. The van der Waals surface area contributed by atoms with E-state index in [2.05, 4.69) is 30.1 Å². The molecular weight excluding hydrogens is 341 g/mol. The van der Waals surface area contributed by atoms with Crippen LogP contribution < -0.4 is 0 Å². The summed E-state index contributed by atoms with van der Waals surface area (Å²) in [7, 11) is 0. The maximum Gasteiger partial charge on any atom is 0.357 e. The summed E-state index contributed by atoms with van der Waals surface area (Å²) in [6, 6.07) is 7.69. The molecule has 0 unspecified atom stereocenters.